The number of carbonyl (C=O) groups excluding carboxylic acids is 1. The van der Waals surface area contributed by atoms with Gasteiger partial charge in [0.1, 0.15) is 0 Å². The molecule has 2 aliphatic heterocycles. The highest BCUT2D eigenvalue weighted by atomic mass is 32.2. The van der Waals surface area contributed by atoms with Crippen LogP contribution in [0.1, 0.15) is 25.0 Å². The molecule has 0 aliphatic carbocycles. The second-order valence-corrected chi connectivity index (χ2v) is 9.91. The van der Waals surface area contributed by atoms with Crippen molar-refractivity contribution in [3.63, 3.8) is 0 Å². The second kappa shape index (κ2) is 8.49. The fourth-order valence-corrected chi connectivity index (χ4v) is 5.66. The number of aryl methyl sites for hydroxylation is 2. The lowest BCUT2D eigenvalue weighted by atomic mass is 10.2. The molecule has 0 N–H and O–H groups in total. The van der Waals surface area contributed by atoms with Crippen LogP contribution in [-0.4, -0.2) is 86.5 Å². The first kappa shape index (κ1) is 21.2. The monoisotopic (exact) mass is 409 g/mol. The number of amides is 1. The molecule has 2 saturated heterocycles. The molecule has 7 nitrogen and oxygen atoms in total. The largest absolute Gasteiger partial charge is 0.372 e. The van der Waals surface area contributed by atoms with Crippen molar-refractivity contribution in [1.29, 1.82) is 0 Å². The highest BCUT2D eigenvalue weighted by molar-refractivity contribution is 7.89. The Morgan fingerprint density at radius 2 is 1.68 bits per heavy atom. The van der Waals surface area contributed by atoms with E-state index in [0.29, 0.717) is 50.7 Å². The van der Waals surface area contributed by atoms with Crippen molar-refractivity contribution < 1.29 is 17.9 Å². The molecule has 1 aromatic rings. The lowest BCUT2D eigenvalue weighted by Crippen LogP contribution is -2.54. The molecule has 0 radical (unpaired) electrons. The fourth-order valence-electron chi connectivity index (χ4n) is 4.03. The van der Waals surface area contributed by atoms with Gasteiger partial charge in [0.2, 0.25) is 15.9 Å². The SMILES string of the molecule is Cc1ccc(S(=O)(=O)N2CCN(CC(=O)N3C[C@@H](C)O[C@H](C)C3)CC2)c(C)c1. The molecule has 3 rings (SSSR count). The molecular formula is C20H31N3O4S. The lowest BCUT2D eigenvalue weighted by Gasteiger charge is -2.38. The first-order chi connectivity index (χ1) is 13.2. The van der Waals surface area contributed by atoms with Crippen LogP contribution >= 0.6 is 0 Å². The van der Waals surface area contributed by atoms with Gasteiger partial charge in [-0.25, -0.2) is 8.42 Å². The van der Waals surface area contributed by atoms with Gasteiger partial charge < -0.3 is 9.64 Å². The van der Waals surface area contributed by atoms with Crippen molar-refractivity contribution in [2.45, 2.75) is 44.8 Å². The van der Waals surface area contributed by atoms with Crippen LogP contribution < -0.4 is 0 Å². The maximum atomic E-state index is 13.0. The summed E-state index contributed by atoms with van der Waals surface area (Å²) in [5.41, 5.74) is 1.82. The Bertz CT molecular complexity index is 809. The Kier molecular flexibility index (Phi) is 6.44. The van der Waals surface area contributed by atoms with Gasteiger partial charge in [-0.3, -0.25) is 9.69 Å². The summed E-state index contributed by atoms with van der Waals surface area (Å²) in [7, 11) is -3.50. The summed E-state index contributed by atoms with van der Waals surface area (Å²) in [6.07, 6.45) is 0.0971. The van der Waals surface area contributed by atoms with Crippen LogP contribution in [0.15, 0.2) is 23.1 Å². The third-order valence-corrected chi connectivity index (χ3v) is 7.47. The first-order valence-corrected chi connectivity index (χ1v) is 11.3. The molecule has 1 amide bonds. The zero-order valence-corrected chi connectivity index (χ0v) is 18.0. The molecule has 8 heteroatoms. The van der Waals surface area contributed by atoms with E-state index in [1.165, 1.54) is 4.31 Å². The number of nitrogens with zero attached hydrogens (tertiary/aromatic N) is 3. The minimum absolute atomic E-state index is 0.0486. The third-order valence-electron chi connectivity index (χ3n) is 5.41. The Labute approximate surface area is 168 Å². The van der Waals surface area contributed by atoms with E-state index in [1.54, 1.807) is 6.07 Å². The van der Waals surface area contributed by atoms with Crippen molar-refractivity contribution >= 4 is 15.9 Å². The van der Waals surface area contributed by atoms with Gasteiger partial charge in [-0.05, 0) is 39.3 Å². The van der Waals surface area contributed by atoms with Crippen molar-refractivity contribution in [2.24, 2.45) is 0 Å². The molecule has 2 aliphatic rings. The average molecular weight is 410 g/mol. The zero-order chi connectivity index (χ0) is 20.5. The summed E-state index contributed by atoms with van der Waals surface area (Å²) in [4.78, 5) is 16.9. The van der Waals surface area contributed by atoms with Gasteiger partial charge in [0, 0.05) is 39.3 Å². The summed E-state index contributed by atoms with van der Waals surface area (Å²) >= 11 is 0. The molecule has 0 unspecified atom stereocenters. The number of rotatable bonds is 4. The van der Waals surface area contributed by atoms with Crippen LogP contribution in [0.25, 0.3) is 0 Å². The summed E-state index contributed by atoms with van der Waals surface area (Å²) < 4.78 is 33.2. The molecule has 0 saturated carbocycles. The predicted molar refractivity (Wildman–Crippen MR) is 108 cm³/mol. The molecule has 28 heavy (non-hydrogen) atoms. The van der Waals surface area contributed by atoms with E-state index in [1.807, 2.05) is 49.6 Å². The molecule has 2 heterocycles. The quantitative estimate of drug-likeness (QED) is 0.749. The number of carbonyl (C=O) groups is 1. The normalized spacial score (nSPS) is 25.1. The van der Waals surface area contributed by atoms with E-state index in [0.717, 1.165) is 11.1 Å². The number of sulfonamides is 1. The summed E-state index contributed by atoms with van der Waals surface area (Å²) in [6, 6.07) is 5.42. The van der Waals surface area contributed by atoms with Gasteiger partial charge in [-0.2, -0.15) is 4.31 Å². The number of piperazine rings is 1. The highest BCUT2D eigenvalue weighted by Gasteiger charge is 2.32. The minimum Gasteiger partial charge on any atom is -0.372 e. The maximum absolute atomic E-state index is 13.0. The van der Waals surface area contributed by atoms with Crippen LogP contribution in [0.3, 0.4) is 0 Å². The van der Waals surface area contributed by atoms with E-state index >= 15 is 0 Å². The van der Waals surface area contributed by atoms with E-state index < -0.39 is 10.0 Å². The van der Waals surface area contributed by atoms with Gasteiger partial charge in [0.25, 0.3) is 0 Å². The van der Waals surface area contributed by atoms with Gasteiger partial charge in [0.15, 0.2) is 0 Å². The summed E-state index contributed by atoms with van der Waals surface area (Å²) in [5.74, 6) is 0.0905. The van der Waals surface area contributed by atoms with Crippen LogP contribution in [-0.2, 0) is 19.6 Å². The molecule has 1 aromatic carbocycles. The van der Waals surface area contributed by atoms with E-state index in [4.69, 9.17) is 4.74 Å². The second-order valence-electron chi connectivity index (χ2n) is 8.01. The third kappa shape index (κ3) is 4.74. The summed E-state index contributed by atoms with van der Waals surface area (Å²) in [6.45, 7) is 11.2. The van der Waals surface area contributed by atoms with Crippen molar-refractivity contribution in [2.75, 3.05) is 45.8 Å². The number of benzene rings is 1. The van der Waals surface area contributed by atoms with Crippen LogP contribution in [0.5, 0.6) is 0 Å². The maximum Gasteiger partial charge on any atom is 0.243 e. The van der Waals surface area contributed by atoms with Gasteiger partial charge in [-0.1, -0.05) is 17.7 Å². The Morgan fingerprint density at radius 1 is 1.07 bits per heavy atom. The molecule has 0 aromatic heterocycles. The van der Waals surface area contributed by atoms with E-state index in [-0.39, 0.29) is 18.1 Å². The van der Waals surface area contributed by atoms with Crippen molar-refractivity contribution in [3.05, 3.63) is 29.3 Å². The molecular weight excluding hydrogens is 378 g/mol. The molecule has 2 fully saturated rings. The van der Waals surface area contributed by atoms with Crippen LogP contribution in [0.4, 0.5) is 0 Å². The number of hydrogen-bond acceptors (Lipinski definition) is 5. The highest BCUT2D eigenvalue weighted by Crippen LogP contribution is 2.22. The number of hydrogen-bond donors (Lipinski definition) is 0. The van der Waals surface area contributed by atoms with E-state index in [9.17, 15) is 13.2 Å². The number of ether oxygens (including phenoxy) is 1. The topological polar surface area (TPSA) is 70.2 Å². The van der Waals surface area contributed by atoms with Gasteiger partial charge >= 0.3 is 0 Å². The summed E-state index contributed by atoms with van der Waals surface area (Å²) in [5, 5.41) is 0. The van der Waals surface area contributed by atoms with Crippen molar-refractivity contribution in [3.8, 4) is 0 Å². The lowest BCUT2D eigenvalue weighted by molar-refractivity contribution is -0.144. The van der Waals surface area contributed by atoms with Crippen molar-refractivity contribution in [1.82, 2.24) is 14.1 Å². The van der Waals surface area contributed by atoms with Gasteiger partial charge in [0.05, 0.1) is 23.6 Å². The Morgan fingerprint density at radius 3 is 2.25 bits per heavy atom. The molecule has 156 valence electrons. The average Bonchev–Trinajstić information content (AvgIpc) is 2.61. The molecule has 0 bridgehead atoms. The molecule has 0 spiro atoms. The zero-order valence-electron chi connectivity index (χ0n) is 17.2. The van der Waals surface area contributed by atoms with E-state index in [2.05, 4.69) is 0 Å². The Hall–Kier alpha value is -1.48. The first-order valence-electron chi connectivity index (χ1n) is 9.90. The Balaban J connectivity index is 1.57. The van der Waals surface area contributed by atoms with Crippen LogP contribution in [0.2, 0.25) is 0 Å². The standard InChI is InChI=1S/C20H31N3O4S/c1-15-5-6-19(16(2)11-15)28(25,26)23-9-7-21(8-10-23)14-20(24)22-12-17(3)27-18(4)13-22/h5-6,11,17-18H,7-10,12-14H2,1-4H3/t17-,18-/m1/s1. The minimum atomic E-state index is -3.50. The predicted octanol–water partition coefficient (Wildman–Crippen LogP) is 1.25. The smallest absolute Gasteiger partial charge is 0.243 e. The molecule has 2 atom stereocenters. The number of morpholine rings is 1. The van der Waals surface area contributed by atoms with Crippen LogP contribution in [0, 0.1) is 13.8 Å². The van der Waals surface area contributed by atoms with Gasteiger partial charge in [-0.15, -0.1) is 0 Å². The fraction of sp³-hybridized carbons (Fsp3) is 0.650.